The van der Waals surface area contributed by atoms with Crippen LogP contribution >= 0.6 is 0 Å². The SMILES string of the molecule is C.CC1=C(C)C(=O)c2ccccc2C1=O.CCC.CCC1=[C-]C(=O)C(C)=C(C)C1=O.[Y]. The zero-order valence-corrected chi connectivity index (χ0v) is 21.8. The van der Waals surface area contributed by atoms with Gasteiger partial charge in [0.15, 0.2) is 11.6 Å². The molecule has 1 aromatic carbocycles. The van der Waals surface area contributed by atoms with Crippen LogP contribution in [0.25, 0.3) is 0 Å². The van der Waals surface area contributed by atoms with Gasteiger partial charge < -0.3 is 9.59 Å². The van der Waals surface area contributed by atoms with Gasteiger partial charge in [-0.2, -0.15) is 0 Å². The molecule has 0 aliphatic heterocycles. The molecule has 0 atom stereocenters. The molecule has 0 heterocycles. The molecule has 0 saturated carbocycles. The topological polar surface area (TPSA) is 68.3 Å². The van der Waals surface area contributed by atoms with E-state index < -0.39 is 0 Å². The van der Waals surface area contributed by atoms with E-state index in [1.165, 1.54) is 6.42 Å². The van der Waals surface area contributed by atoms with E-state index in [4.69, 9.17) is 0 Å². The van der Waals surface area contributed by atoms with Gasteiger partial charge in [-0.15, -0.1) is 22.8 Å². The molecule has 0 spiro atoms. The van der Waals surface area contributed by atoms with Crippen molar-refractivity contribution in [1.29, 1.82) is 0 Å². The van der Waals surface area contributed by atoms with Crippen molar-refractivity contribution in [1.82, 2.24) is 0 Å². The minimum absolute atomic E-state index is 0. The average molecular weight is 498 g/mol. The summed E-state index contributed by atoms with van der Waals surface area (Å²) in [6, 6.07) is 6.95. The molecule has 0 fully saturated rings. The van der Waals surface area contributed by atoms with E-state index in [-0.39, 0.29) is 63.3 Å². The molecule has 0 saturated heterocycles. The molecule has 4 nitrogen and oxygen atoms in total. The summed E-state index contributed by atoms with van der Waals surface area (Å²) < 4.78 is 0. The summed E-state index contributed by atoms with van der Waals surface area (Å²) in [7, 11) is 0. The predicted octanol–water partition coefficient (Wildman–Crippen LogP) is 6.07. The van der Waals surface area contributed by atoms with Gasteiger partial charge in [-0.3, -0.25) is 9.59 Å². The van der Waals surface area contributed by atoms with E-state index in [1.54, 1.807) is 52.0 Å². The fraction of sp³-hybridized carbons (Fsp3) is 0.385. The van der Waals surface area contributed by atoms with Crippen LogP contribution in [0.2, 0.25) is 0 Å². The van der Waals surface area contributed by atoms with Gasteiger partial charge in [0.05, 0.1) is 11.6 Å². The Labute approximate surface area is 212 Å². The fourth-order valence-electron chi connectivity index (χ4n) is 2.73. The second-order valence-corrected chi connectivity index (χ2v) is 7.03. The summed E-state index contributed by atoms with van der Waals surface area (Å²) in [4.78, 5) is 46.1. The Kier molecular flexibility index (Phi) is 14.5. The Morgan fingerprint density at radius 1 is 0.677 bits per heavy atom. The predicted molar refractivity (Wildman–Crippen MR) is 122 cm³/mol. The van der Waals surface area contributed by atoms with Crippen LogP contribution in [0.1, 0.15) is 89.5 Å². The minimum atomic E-state index is -0.149. The summed E-state index contributed by atoms with van der Waals surface area (Å²) in [6.07, 6.45) is 4.39. The van der Waals surface area contributed by atoms with E-state index in [0.717, 1.165) is 0 Å². The number of hydrogen-bond donors (Lipinski definition) is 0. The number of hydrogen-bond acceptors (Lipinski definition) is 4. The molecule has 0 aromatic heterocycles. The summed E-state index contributed by atoms with van der Waals surface area (Å²) in [5.74, 6) is -0.242. The second kappa shape index (κ2) is 14.3. The maximum absolute atomic E-state index is 11.8. The first kappa shape index (κ1) is 31.4. The molecule has 1 radical (unpaired) electrons. The Morgan fingerprint density at radius 2 is 1.03 bits per heavy atom. The molecule has 31 heavy (non-hydrogen) atoms. The minimum Gasteiger partial charge on any atom is -0.366 e. The first-order chi connectivity index (χ1) is 13.6. The molecule has 0 amide bonds. The van der Waals surface area contributed by atoms with Gasteiger partial charge in [-0.25, -0.2) is 0 Å². The Bertz CT molecular complexity index is 903. The Hall–Kier alpha value is -1.78. The molecular formula is C26H33O4Y-. The van der Waals surface area contributed by atoms with Crippen molar-refractivity contribution in [3.05, 3.63) is 69.3 Å². The molecule has 1 aromatic rings. The normalized spacial score (nSPS) is 14.9. The van der Waals surface area contributed by atoms with E-state index in [0.29, 0.717) is 45.4 Å². The maximum Gasteiger partial charge on any atom is 0.189 e. The van der Waals surface area contributed by atoms with Gasteiger partial charge in [-0.1, -0.05) is 79.2 Å². The van der Waals surface area contributed by atoms with Crippen molar-refractivity contribution in [2.24, 2.45) is 0 Å². The van der Waals surface area contributed by atoms with Crippen molar-refractivity contribution in [3.63, 3.8) is 0 Å². The largest absolute Gasteiger partial charge is 0.366 e. The van der Waals surface area contributed by atoms with Gasteiger partial charge >= 0.3 is 0 Å². The molecule has 2 aliphatic rings. The first-order valence-corrected chi connectivity index (χ1v) is 9.87. The quantitative estimate of drug-likeness (QED) is 0.348. The number of Topliss-reactive ketones (excluding diaryl/α,β-unsaturated/α-hetero) is 4. The van der Waals surface area contributed by atoms with Gasteiger partial charge in [0.1, 0.15) is 0 Å². The average Bonchev–Trinajstić information content (AvgIpc) is 2.72. The maximum atomic E-state index is 11.8. The van der Waals surface area contributed by atoms with Gasteiger partial charge in [0.2, 0.25) is 0 Å². The summed E-state index contributed by atoms with van der Waals surface area (Å²) >= 11 is 0. The third-order valence-corrected chi connectivity index (χ3v) is 4.80. The number of carbonyl (C=O) groups excluding carboxylic acids is 4. The van der Waals surface area contributed by atoms with Crippen molar-refractivity contribution in [2.75, 3.05) is 0 Å². The van der Waals surface area contributed by atoms with E-state index >= 15 is 0 Å². The Balaban J connectivity index is 0. The third kappa shape index (κ3) is 7.40. The number of ketones is 4. The molecule has 0 N–H and O–H groups in total. The van der Waals surface area contributed by atoms with Crippen LogP contribution in [0.4, 0.5) is 0 Å². The standard InChI is InChI=1S/C12H10O2.C10H11O2.C3H8.CH4.Y/c1-7-8(2)12(14)10-6-4-3-5-9(10)11(7)13;1-4-8-5-9(11)6(2)7(3)10(8)12;1-3-2;;/h3-6H,1-2H3;4H2,1-3H3;3H2,1-2H3;1H4;/q;-1;;;. The molecule has 3 rings (SSSR count). The number of benzene rings is 1. The monoisotopic (exact) mass is 498 g/mol. The first-order valence-electron chi connectivity index (χ1n) is 9.87. The summed E-state index contributed by atoms with van der Waals surface area (Å²) in [6.45, 7) is 12.8. The summed E-state index contributed by atoms with van der Waals surface area (Å²) in [5, 5.41) is 0. The number of fused-ring (bicyclic) bond motifs is 1. The molecular weight excluding hydrogens is 465 g/mol. The van der Waals surface area contributed by atoms with Crippen LogP contribution < -0.4 is 0 Å². The molecule has 2 aliphatic carbocycles. The zero-order valence-electron chi connectivity index (χ0n) is 18.9. The molecule has 5 heteroatoms. The second-order valence-electron chi connectivity index (χ2n) is 7.03. The zero-order chi connectivity index (χ0) is 22.3. The van der Waals surface area contributed by atoms with Gasteiger partial charge in [0, 0.05) is 55.0 Å². The van der Waals surface area contributed by atoms with Crippen LogP contribution in [0.15, 0.2) is 52.1 Å². The van der Waals surface area contributed by atoms with Crippen molar-refractivity contribution < 1.29 is 51.9 Å². The molecule has 165 valence electrons. The smallest absolute Gasteiger partial charge is 0.189 e. The third-order valence-electron chi connectivity index (χ3n) is 4.80. The number of carbonyl (C=O) groups is 4. The van der Waals surface area contributed by atoms with Gasteiger partial charge in [-0.05, 0) is 13.8 Å². The molecule has 0 bridgehead atoms. The van der Waals surface area contributed by atoms with Crippen LogP contribution in [-0.2, 0) is 42.3 Å². The van der Waals surface area contributed by atoms with Crippen LogP contribution in [-0.4, -0.2) is 23.1 Å². The van der Waals surface area contributed by atoms with E-state index in [9.17, 15) is 19.2 Å². The van der Waals surface area contributed by atoms with E-state index in [1.807, 2.05) is 6.92 Å². The fourth-order valence-corrected chi connectivity index (χ4v) is 2.73. The van der Waals surface area contributed by atoms with Gasteiger partial charge in [0.25, 0.3) is 0 Å². The van der Waals surface area contributed by atoms with Crippen LogP contribution in [0.3, 0.4) is 0 Å². The Morgan fingerprint density at radius 3 is 1.39 bits per heavy atom. The van der Waals surface area contributed by atoms with Crippen molar-refractivity contribution in [2.45, 2.75) is 68.7 Å². The molecule has 0 unspecified atom stereocenters. The van der Waals surface area contributed by atoms with Crippen LogP contribution in [0, 0.1) is 6.08 Å². The van der Waals surface area contributed by atoms with Crippen LogP contribution in [0.5, 0.6) is 0 Å². The van der Waals surface area contributed by atoms with Crippen molar-refractivity contribution in [3.8, 4) is 0 Å². The van der Waals surface area contributed by atoms with Crippen molar-refractivity contribution >= 4 is 23.1 Å². The summed E-state index contributed by atoms with van der Waals surface area (Å²) in [5.41, 5.74) is 3.78. The van der Waals surface area contributed by atoms with E-state index in [2.05, 4.69) is 19.9 Å². The number of allylic oxidation sites excluding steroid dienone is 6. The number of rotatable bonds is 1.